The van der Waals surface area contributed by atoms with Crippen LogP contribution in [0.3, 0.4) is 0 Å². The number of urea groups is 1. The van der Waals surface area contributed by atoms with Crippen LogP contribution in [0.4, 0.5) is 4.79 Å². The molecular formula is C26H30N2O4S. The molecule has 33 heavy (non-hydrogen) atoms. The summed E-state index contributed by atoms with van der Waals surface area (Å²) in [4.78, 5) is 12.0. The Balaban J connectivity index is 1.82. The highest BCUT2D eigenvalue weighted by Crippen LogP contribution is 2.32. The van der Waals surface area contributed by atoms with Crippen LogP contribution in [0, 0.1) is 13.8 Å². The van der Waals surface area contributed by atoms with Crippen LogP contribution in [0.5, 0.6) is 11.5 Å². The molecule has 0 aliphatic carbocycles. The Hall–Kier alpha value is -3.32. The summed E-state index contributed by atoms with van der Waals surface area (Å²) in [7, 11) is -4.13. The Labute approximate surface area is 196 Å². The molecule has 3 aromatic carbocycles. The van der Waals surface area contributed by atoms with E-state index in [1.54, 1.807) is 25.1 Å². The Kier molecular flexibility index (Phi) is 8.11. The van der Waals surface area contributed by atoms with E-state index in [-0.39, 0.29) is 10.6 Å². The molecule has 0 saturated carbocycles. The van der Waals surface area contributed by atoms with E-state index < -0.39 is 16.1 Å². The van der Waals surface area contributed by atoms with Crippen LogP contribution in [-0.2, 0) is 10.0 Å². The molecule has 0 fully saturated rings. The number of carbonyl (C=O) groups excluding carboxylic acids is 1. The highest BCUT2D eigenvalue weighted by Gasteiger charge is 2.23. The van der Waals surface area contributed by atoms with Gasteiger partial charge >= 0.3 is 6.03 Å². The lowest BCUT2D eigenvalue weighted by Gasteiger charge is -2.14. The van der Waals surface area contributed by atoms with Crippen molar-refractivity contribution in [3.63, 3.8) is 0 Å². The summed E-state index contributed by atoms with van der Waals surface area (Å²) in [5, 5.41) is 2.59. The summed E-state index contributed by atoms with van der Waals surface area (Å²) >= 11 is 0. The van der Waals surface area contributed by atoms with Crippen LogP contribution in [0.15, 0.2) is 71.6 Å². The number of carbonyl (C=O) groups is 1. The van der Waals surface area contributed by atoms with E-state index in [1.165, 1.54) is 11.6 Å². The number of amides is 2. The number of nitrogens with one attached hydrogen (secondary N) is 2. The molecule has 0 atom stereocenters. The van der Waals surface area contributed by atoms with E-state index in [0.717, 1.165) is 36.0 Å². The molecule has 6 nitrogen and oxygen atoms in total. The minimum Gasteiger partial charge on any atom is -0.456 e. The predicted molar refractivity (Wildman–Crippen MR) is 131 cm³/mol. The molecule has 2 amide bonds. The molecule has 0 aliphatic heterocycles. The second-order valence-electron chi connectivity index (χ2n) is 8.01. The summed E-state index contributed by atoms with van der Waals surface area (Å²) in [6, 6.07) is 19.7. The van der Waals surface area contributed by atoms with Gasteiger partial charge in [-0.15, -0.1) is 0 Å². The third-order valence-electron chi connectivity index (χ3n) is 5.13. The molecule has 174 valence electrons. The minimum atomic E-state index is -4.13. The lowest BCUT2D eigenvalue weighted by atomic mass is 10.0. The van der Waals surface area contributed by atoms with Gasteiger partial charge in [0.2, 0.25) is 0 Å². The topological polar surface area (TPSA) is 84.5 Å². The number of aryl methyl sites for hydroxylation is 2. The second kappa shape index (κ2) is 11.0. The van der Waals surface area contributed by atoms with Crippen molar-refractivity contribution in [2.75, 3.05) is 6.54 Å². The molecule has 0 saturated heterocycles. The van der Waals surface area contributed by atoms with E-state index in [9.17, 15) is 13.2 Å². The zero-order chi connectivity index (χ0) is 23.8. The highest BCUT2D eigenvalue weighted by atomic mass is 32.2. The van der Waals surface area contributed by atoms with Crippen molar-refractivity contribution < 1.29 is 17.9 Å². The molecule has 0 aliphatic rings. The van der Waals surface area contributed by atoms with Crippen molar-refractivity contribution in [3.05, 3.63) is 77.9 Å². The van der Waals surface area contributed by atoms with Crippen LogP contribution in [0.2, 0.25) is 0 Å². The van der Waals surface area contributed by atoms with Crippen LogP contribution in [0.25, 0.3) is 11.1 Å². The fourth-order valence-corrected chi connectivity index (χ4v) is 4.45. The fraction of sp³-hybridized carbons (Fsp3) is 0.269. The molecule has 7 heteroatoms. The first-order valence-electron chi connectivity index (χ1n) is 11.0. The zero-order valence-corrected chi connectivity index (χ0v) is 20.0. The number of benzene rings is 3. The van der Waals surface area contributed by atoms with Crippen LogP contribution < -0.4 is 14.8 Å². The largest absolute Gasteiger partial charge is 0.456 e. The Bertz CT molecular complexity index is 1210. The molecular weight excluding hydrogens is 436 g/mol. The van der Waals surface area contributed by atoms with Gasteiger partial charge in [0.1, 0.15) is 16.4 Å². The Morgan fingerprint density at radius 2 is 1.61 bits per heavy atom. The standard InChI is InChI=1S/C26H30N2O4S/c1-4-5-6-16-27-26(29)28-33(30,31)25-17-20(3)12-15-24(25)32-23-9-7-8-22(18-23)21-13-10-19(2)11-14-21/h7-15,17-18H,4-6,16H2,1-3H3,(H2,27,28,29). The van der Waals surface area contributed by atoms with Gasteiger partial charge in [-0.05, 0) is 61.2 Å². The Morgan fingerprint density at radius 1 is 0.879 bits per heavy atom. The number of rotatable bonds is 9. The lowest BCUT2D eigenvalue weighted by molar-refractivity contribution is 0.245. The molecule has 0 bridgehead atoms. The summed E-state index contributed by atoms with van der Waals surface area (Å²) in [6.07, 6.45) is 2.77. The van der Waals surface area contributed by atoms with Crippen LogP contribution in [-0.4, -0.2) is 21.0 Å². The molecule has 0 radical (unpaired) electrons. The average Bonchev–Trinajstić information content (AvgIpc) is 2.78. The van der Waals surface area contributed by atoms with E-state index in [1.807, 2.05) is 49.4 Å². The van der Waals surface area contributed by atoms with E-state index >= 15 is 0 Å². The van der Waals surface area contributed by atoms with Gasteiger partial charge in [-0.2, -0.15) is 0 Å². The van der Waals surface area contributed by atoms with Crippen molar-refractivity contribution in [3.8, 4) is 22.6 Å². The number of ether oxygens (including phenoxy) is 1. The number of hydrogen-bond donors (Lipinski definition) is 2. The molecule has 3 rings (SSSR count). The number of sulfonamides is 1. The first kappa shape index (κ1) is 24.3. The normalized spacial score (nSPS) is 11.1. The summed E-state index contributed by atoms with van der Waals surface area (Å²) in [5.41, 5.74) is 3.89. The van der Waals surface area contributed by atoms with Gasteiger partial charge in [0.15, 0.2) is 0 Å². The predicted octanol–water partition coefficient (Wildman–Crippen LogP) is 5.94. The molecule has 2 N–H and O–H groups in total. The van der Waals surface area contributed by atoms with Crippen LogP contribution >= 0.6 is 0 Å². The van der Waals surface area contributed by atoms with Crippen molar-refractivity contribution in [2.45, 2.75) is 44.9 Å². The SMILES string of the molecule is CCCCCNC(=O)NS(=O)(=O)c1cc(C)ccc1Oc1cccc(-c2ccc(C)cc2)c1. The molecule has 3 aromatic rings. The minimum absolute atomic E-state index is 0.0908. The smallest absolute Gasteiger partial charge is 0.328 e. The fourth-order valence-electron chi connectivity index (χ4n) is 3.31. The molecule has 0 unspecified atom stereocenters. The van der Waals surface area contributed by atoms with Gasteiger partial charge in [0.25, 0.3) is 10.0 Å². The van der Waals surface area contributed by atoms with E-state index in [2.05, 4.69) is 17.0 Å². The van der Waals surface area contributed by atoms with Gasteiger partial charge in [-0.25, -0.2) is 17.9 Å². The highest BCUT2D eigenvalue weighted by molar-refractivity contribution is 7.90. The maximum atomic E-state index is 13.0. The first-order valence-corrected chi connectivity index (χ1v) is 12.5. The summed E-state index contributed by atoms with van der Waals surface area (Å²) < 4.78 is 34.0. The molecule has 0 aromatic heterocycles. The zero-order valence-electron chi connectivity index (χ0n) is 19.2. The summed E-state index contributed by atoms with van der Waals surface area (Å²) in [5.74, 6) is 0.644. The third-order valence-corrected chi connectivity index (χ3v) is 6.48. The summed E-state index contributed by atoms with van der Waals surface area (Å²) in [6.45, 7) is 6.28. The van der Waals surface area contributed by atoms with Crippen LogP contribution in [0.1, 0.15) is 37.3 Å². The monoisotopic (exact) mass is 466 g/mol. The van der Waals surface area contributed by atoms with Crippen molar-refractivity contribution in [2.24, 2.45) is 0 Å². The van der Waals surface area contributed by atoms with Gasteiger partial charge < -0.3 is 10.1 Å². The third kappa shape index (κ3) is 6.83. The van der Waals surface area contributed by atoms with Crippen molar-refractivity contribution >= 4 is 16.1 Å². The van der Waals surface area contributed by atoms with Gasteiger partial charge in [-0.3, -0.25) is 0 Å². The van der Waals surface area contributed by atoms with Crippen molar-refractivity contribution in [1.82, 2.24) is 10.0 Å². The second-order valence-corrected chi connectivity index (χ2v) is 9.67. The average molecular weight is 467 g/mol. The van der Waals surface area contributed by atoms with Gasteiger partial charge in [0.05, 0.1) is 0 Å². The quantitative estimate of drug-likeness (QED) is 0.382. The Morgan fingerprint density at radius 3 is 2.33 bits per heavy atom. The first-order chi connectivity index (χ1) is 15.8. The van der Waals surface area contributed by atoms with Crippen molar-refractivity contribution in [1.29, 1.82) is 0 Å². The van der Waals surface area contributed by atoms with E-state index in [0.29, 0.717) is 12.3 Å². The lowest BCUT2D eigenvalue weighted by Crippen LogP contribution is -2.39. The van der Waals surface area contributed by atoms with Gasteiger partial charge in [-0.1, -0.05) is 67.8 Å². The maximum Gasteiger partial charge on any atom is 0.328 e. The number of hydrogen-bond acceptors (Lipinski definition) is 4. The maximum absolute atomic E-state index is 13.0. The van der Waals surface area contributed by atoms with Gasteiger partial charge in [0, 0.05) is 6.54 Å². The molecule has 0 spiro atoms. The van der Waals surface area contributed by atoms with E-state index in [4.69, 9.17) is 4.74 Å². The number of unbranched alkanes of at least 4 members (excludes halogenated alkanes) is 2. The molecule has 0 heterocycles.